The summed E-state index contributed by atoms with van der Waals surface area (Å²) < 4.78 is 2.28. The number of rotatable bonds is 1. The Morgan fingerprint density at radius 3 is 2.80 bits per heavy atom. The summed E-state index contributed by atoms with van der Waals surface area (Å²) in [5.41, 5.74) is 1.94. The predicted octanol–water partition coefficient (Wildman–Crippen LogP) is 2.34. The third kappa shape index (κ3) is 1.43. The van der Waals surface area contributed by atoms with E-state index in [2.05, 4.69) is 21.0 Å². The number of halogens is 1. The molecule has 1 N–H and O–H groups in total. The largest absolute Gasteiger partial charge is 0.478 e. The standard InChI is InChI=1S/C10H9BrN2O2/c1-5-6-3-4-7(10(14)15)8(11)9(6)12-13(5)2/h3-4H,1-2H3,(H,14,15). The van der Waals surface area contributed by atoms with Crippen molar-refractivity contribution >= 4 is 32.8 Å². The van der Waals surface area contributed by atoms with Crippen molar-refractivity contribution in [2.75, 3.05) is 0 Å². The van der Waals surface area contributed by atoms with E-state index in [1.165, 1.54) is 0 Å². The molecule has 0 radical (unpaired) electrons. The van der Waals surface area contributed by atoms with E-state index in [4.69, 9.17) is 5.11 Å². The molecule has 0 aliphatic heterocycles. The smallest absolute Gasteiger partial charge is 0.336 e. The number of aromatic carboxylic acids is 1. The van der Waals surface area contributed by atoms with Crippen molar-refractivity contribution < 1.29 is 9.90 Å². The second-order valence-electron chi connectivity index (χ2n) is 3.34. The third-order valence-electron chi connectivity index (χ3n) is 2.47. The first-order valence-corrected chi connectivity index (χ1v) is 5.16. The minimum Gasteiger partial charge on any atom is -0.478 e. The van der Waals surface area contributed by atoms with Crippen molar-refractivity contribution in [1.82, 2.24) is 9.78 Å². The minimum absolute atomic E-state index is 0.237. The molecule has 1 heterocycles. The quantitative estimate of drug-likeness (QED) is 0.864. The van der Waals surface area contributed by atoms with Crippen LogP contribution in [0.25, 0.3) is 10.9 Å². The first-order valence-electron chi connectivity index (χ1n) is 4.37. The summed E-state index contributed by atoms with van der Waals surface area (Å²) in [6.07, 6.45) is 0. The predicted molar refractivity (Wildman–Crippen MR) is 60.1 cm³/mol. The summed E-state index contributed by atoms with van der Waals surface area (Å²) in [7, 11) is 1.84. The van der Waals surface area contributed by atoms with Crippen LogP contribution in [0.15, 0.2) is 16.6 Å². The molecule has 0 saturated carbocycles. The molecule has 0 atom stereocenters. The number of carboxylic acid groups (broad SMARTS) is 1. The van der Waals surface area contributed by atoms with Crippen LogP contribution in [0.1, 0.15) is 16.1 Å². The molecule has 2 rings (SSSR count). The van der Waals surface area contributed by atoms with Crippen LogP contribution >= 0.6 is 15.9 Å². The second kappa shape index (κ2) is 3.34. The van der Waals surface area contributed by atoms with Gasteiger partial charge in [-0.2, -0.15) is 5.10 Å². The zero-order valence-corrected chi connectivity index (χ0v) is 9.87. The molecule has 1 aromatic heterocycles. The van der Waals surface area contributed by atoms with Crippen LogP contribution in [0.3, 0.4) is 0 Å². The van der Waals surface area contributed by atoms with Crippen LogP contribution in [0.4, 0.5) is 0 Å². The Kier molecular flexibility index (Phi) is 2.26. The van der Waals surface area contributed by atoms with E-state index >= 15 is 0 Å². The Morgan fingerprint density at radius 2 is 2.20 bits per heavy atom. The Labute approximate surface area is 94.6 Å². The number of aryl methyl sites for hydroxylation is 2. The van der Waals surface area contributed by atoms with Gasteiger partial charge in [0.1, 0.15) is 5.52 Å². The molecule has 0 saturated heterocycles. The van der Waals surface area contributed by atoms with Crippen LogP contribution in [-0.4, -0.2) is 20.9 Å². The highest BCUT2D eigenvalue weighted by Crippen LogP contribution is 2.28. The van der Waals surface area contributed by atoms with Gasteiger partial charge in [-0.15, -0.1) is 0 Å². The van der Waals surface area contributed by atoms with E-state index < -0.39 is 5.97 Å². The Morgan fingerprint density at radius 1 is 1.53 bits per heavy atom. The Hall–Kier alpha value is -1.36. The number of hydrogen-bond acceptors (Lipinski definition) is 2. The number of benzene rings is 1. The van der Waals surface area contributed by atoms with Gasteiger partial charge >= 0.3 is 5.97 Å². The second-order valence-corrected chi connectivity index (χ2v) is 4.13. The number of aromatic nitrogens is 2. The maximum absolute atomic E-state index is 10.9. The summed E-state index contributed by atoms with van der Waals surface area (Å²) in [5.74, 6) is -0.952. The van der Waals surface area contributed by atoms with Gasteiger partial charge in [0.05, 0.1) is 10.0 Å². The molecule has 0 aliphatic rings. The average Bonchev–Trinajstić information content (AvgIpc) is 2.45. The van der Waals surface area contributed by atoms with Crippen LogP contribution in [0.5, 0.6) is 0 Å². The van der Waals surface area contributed by atoms with Gasteiger partial charge in [0.15, 0.2) is 0 Å². The molecule has 5 heteroatoms. The molecule has 78 valence electrons. The summed E-state index contributed by atoms with van der Waals surface area (Å²) in [6.45, 7) is 1.95. The average molecular weight is 269 g/mol. The van der Waals surface area contributed by atoms with Gasteiger partial charge in [0.25, 0.3) is 0 Å². The molecule has 0 amide bonds. The summed E-state index contributed by atoms with van der Waals surface area (Å²) in [6, 6.07) is 3.37. The zero-order valence-electron chi connectivity index (χ0n) is 8.28. The number of hydrogen-bond donors (Lipinski definition) is 1. The number of fused-ring (bicyclic) bond motifs is 1. The molecule has 2 aromatic rings. The first kappa shape index (κ1) is 10.2. The molecule has 0 fully saturated rings. The van der Waals surface area contributed by atoms with E-state index in [-0.39, 0.29) is 5.56 Å². The fourth-order valence-corrected chi connectivity index (χ4v) is 2.11. The molecule has 0 unspecified atom stereocenters. The van der Waals surface area contributed by atoms with E-state index in [0.717, 1.165) is 11.1 Å². The summed E-state index contributed by atoms with van der Waals surface area (Å²) in [5, 5.41) is 14.2. The van der Waals surface area contributed by atoms with Gasteiger partial charge in [-0.25, -0.2) is 4.79 Å². The van der Waals surface area contributed by atoms with E-state index in [0.29, 0.717) is 9.99 Å². The van der Waals surface area contributed by atoms with Crippen molar-refractivity contribution in [2.24, 2.45) is 7.05 Å². The fraction of sp³-hybridized carbons (Fsp3) is 0.200. The van der Waals surface area contributed by atoms with Crippen molar-refractivity contribution in [1.29, 1.82) is 0 Å². The summed E-state index contributed by atoms with van der Waals surface area (Å²) in [4.78, 5) is 10.9. The zero-order chi connectivity index (χ0) is 11.2. The number of nitrogens with zero attached hydrogens (tertiary/aromatic N) is 2. The highest BCUT2D eigenvalue weighted by Gasteiger charge is 2.15. The lowest BCUT2D eigenvalue weighted by Gasteiger charge is -1.98. The van der Waals surface area contributed by atoms with Crippen molar-refractivity contribution in [2.45, 2.75) is 6.92 Å². The normalized spacial score (nSPS) is 10.9. The van der Waals surface area contributed by atoms with Gasteiger partial charge in [0.2, 0.25) is 0 Å². The number of carbonyl (C=O) groups is 1. The lowest BCUT2D eigenvalue weighted by Crippen LogP contribution is -1.97. The maximum Gasteiger partial charge on any atom is 0.336 e. The van der Waals surface area contributed by atoms with Crippen molar-refractivity contribution in [3.05, 3.63) is 27.9 Å². The number of carboxylic acids is 1. The molecule has 15 heavy (non-hydrogen) atoms. The van der Waals surface area contributed by atoms with Gasteiger partial charge in [-0.3, -0.25) is 4.68 Å². The highest BCUT2D eigenvalue weighted by atomic mass is 79.9. The molecule has 0 spiro atoms. The van der Waals surface area contributed by atoms with E-state index in [1.807, 2.05) is 14.0 Å². The Balaban J connectivity index is 2.85. The van der Waals surface area contributed by atoms with Gasteiger partial charge in [-0.05, 0) is 35.0 Å². The minimum atomic E-state index is -0.952. The monoisotopic (exact) mass is 268 g/mol. The molecule has 1 aromatic carbocycles. The topological polar surface area (TPSA) is 55.1 Å². The maximum atomic E-state index is 10.9. The van der Waals surface area contributed by atoms with Crippen molar-refractivity contribution in [3.63, 3.8) is 0 Å². The van der Waals surface area contributed by atoms with E-state index in [9.17, 15) is 4.79 Å². The van der Waals surface area contributed by atoms with Crippen molar-refractivity contribution in [3.8, 4) is 0 Å². The highest BCUT2D eigenvalue weighted by molar-refractivity contribution is 9.10. The van der Waals surface area contributed by atoms with Crippen LogP contribution < -0.4 is 0 Å². The lowest BCUT2D eigenvalue weighted by atomic mass is 10.1. The Bertz CT molecular complexity index is 560. The van der Waals surface area contributed by atoms with E-state index in [1.54, 1.807) is 16.8 Å². The third-order valence-corrected chi connectivity index (χ3v) is 3.27. The molecule has 4 nitrogen and oxygen atoms in total. The molecule has 0 aliphatic carbocycles. The van der Waals surface area contributed by atoms with Crippen LogP contribution in [0.2, 0.25) is 0 Å². The molecule has 0 bridgehead atoms. The van der Waals surface area contributed by atoms with Crippen LogP contribution in [-0.2, 0) is 7.05 Å². The van der Waals surface area contributed by atoms with Gasteiger partial charge in [-0.1, -0.05) is 0 Å². The molecular formula is C10H9BrN2O2. The lowest BCUT2D eigenvalue weighted by molar-refractivity contribution is 0.0696. The van der Waals surface area contributed by atoms with Crippen LogP contribution in [0, 0.1) is 6.92 Å². The SMILES string of the molecule is Cc1c2ccc(C(=O)O)c(Br)c2nn1C. The van der Waals surface area contributed by atoms with Gasteiger partial charge in [0, 0.05) is 18.1 Å². The first-order chi connectivity index (χ1) is 7.02. The summed E-state index contributed by atoms with van der Waals surface area (Å²) >= 11 is 3.27. The van der Waals surface area contributed by atoms with Gasteiger partial charge < -0.3 is 5.11 Å². The molecular weight excluding hydrogens is 260 g/mol. The fourth-order valence-electron chi connectivity index (χ4n) is 1.52.